The van der Waals surface area contributed by atoms with E-state index < -0.39 is 0 Å². The average Bonchev–Trinajstić information content (AvgIpc) is 2.76. The van der Waals surface area contributed by atoms with Crippen LogP contribution in [0.15, 0.2) is 36.7 Å². The van der Waals surface area contributed by atoms with Crippen LogP contribution in [0.1, 0.15) is 19.3 Å². The van der Waals surface area contributed by atoms with Gasteiger partial charge in [-0.05, 0) is 31.4 Å². The first kappa shape index (κ1) is 10.5. The third kappa shape index (κ3) is 1.98. The van der Waals surface area contributed by atoms with Gasteiger partial charge in [0.2, 0.25) is 0 Å². The number of pyridine rings is 1. The normalized spacial score (nSPS) is 24.1. The van der Waals surface area contributed by atoms with E-state index in [0.29, 0.717) is 0 Å². The number of aromatic nitrogens is 1. The van der Waals surface area contributed by atoms with Gasteiger partial charge >= 0.3 is 0 Å². The van der Waals surface area contributed by atoms with Gasteiger partial charge in [-0.3, -0.25) is 4.98 Å². The molecule has 3 rings (SSSR count). The van der Waals surface area contributed by atoms with E-state index in [1.807, 2.05) is 30.5 Å². The highest BCUT2D eigenvalue weighted by Crippen LogP contribution is 2.29. The van der Waals surface area contributed by atoms with Crippen LogP contribution in [0.2, 0.25) is 0 Å². The zero-order valence-corrected chi connectivity index (χ0v) is 9.54. The van der Waals surface area contributed by atoms with Gasteiger partial charge in [-0.25, -0.2) is 0 Å². The van der Waals surface area contributed by atoms with Crippen LogP contribution >= 0.6 is 0 Å². The molecule has 0 aliphatic heterocycles. The van der Waals surface area contributed by atoms with Crippen LogP contribution < -0.4 is 4.74 Å². The van der Waals surface area contributed by atoms with Gasteiger partial charge in [0.1, 0.15) is 11.9 Å². The lowest BCUT2D eigenvalue weighted by Gasteiger charge is -2.18. The fourth-order valence-corrected chi connectivity index (χ4v) is 2.40. The van der Waals surface area contributed by atoms with Crippen molar-refractivity contribution in [2.45, 2.75) is 31.5 Å². The van der Waals surface area contributed by atoms with E-state index in [4.69, 9.17) is 4.74 Å². The summed E-state index contributed by atoms with van der Waals surface area (Å²) in [6, 6.07) is 7.88. The largest absolute Gasteiger partial charge is 0.487 e. The van der Waals surface area contributed by atoms with Crippen molar-refractivity contribution in [2.24, 2.45) is 0 Å². The first-order valence-electron chi connectivity index (χ1n) is 6.02. The molecule has 3 heteroatoms. The minimum atomic E-state index is -0.327. The first-order valence-corrected chi connectivity index (χ1v) is 6.02. The summed E-state index contributed by atoms with van der Waals surface area (Å²) in [6.07, 6.45) is 6.02. The molecular formula is C14H15NO2. The Kier molecular flexibility index (Phi) is 2.69. The van der Waals surface area contributed by atoms with Crippen molar-refractivity contribution in [1.82, 2.24) is 4.98 Å². The van der Waals surface area contributed by atoms with Crippen molar-refractivity contribution < 1.29 is 9.84 Å². The average molecular weight is 229 g/mol. The van der Waals surface area contributed by atoms with Gasteiger partial charge in [0.25, 0.3) is 0 Å². The molecule has 0 saturated heterocycles. The van der Waals surface area contributed by atoms with Crippen molar-refractivity contribution in [3.05, 3.63) is 36.7 Å². The molecule has 3 nitrogen and oxygen atoms in total. The number of aliphatic hydroxyl groups excluding tert-OH is 1. The molecule has 17 heavy (non-hydrogen) atoms. The zero-order valence-electron chi connectivity index (χ0n) is 9.54. The summed E-state index contributed by atoms with van der Waals surface area (Å²) in [6.45, 7) is 0. The summed E-state index contributed by atoms with van der Waals surface area (Å²) in [5, 5.41) is 11.9. The number of hydrogen-bond donors (Lipinski definition) is 1. The summed E-state index contributed by atoms with van der Waals surface area (Å²) in [5.74, 6) is 0.843. The lowest BCUT2D eigenvalue weighted by molar-refractivity contribution is 0.0614. The smallest absolute Gasteiger partial charge is 0.127 e. The highest BCUT2D eigenvalue weighted by Gasteiger charge is 2.27. The molecule has 1 aromatic carbocycles. The van der Waals surface area contributed by atoms with E-state index in [1.165, 1.54) is 0 Å². The Morgan fingerprint density at radius 2 is 2.18 bits per heavy atom. The van der Waals surface area contributed by atoms with Gasteiger partial charge in [-0.15, -0.1) is 0 Å². The van der Waals surface area contributed by atoms with Crippen molar-refractivity contribution >= 4 is 10.8 Å². The van der Waals surface area contributed by atoms with Crippen LogP contribution in [0.25, 0.3) is 10.8 Å². The van der Waals surface area contributed by atoms with Gasteiger partial charge in [-0.2, -0.15) is 0 Å². The standard InChI is InChI=1S/C14H15NO2/c16-12-4-2-6-14(12)17-13-5-1-3-10-9-15-8-7-11(10)13/h1,3,5,7-9,12,14,16H,2,4,6H2/t12-,14-/m0/s1. The Morgan fingerprint density at radius 1 is 1.24 bits per heavy atom. The Balaban J connectivity index is 1.94. The molecule has 0 unspecified atom stereocenters. The number of benzene rings is 1. The molecule has 0 amide bonds. The molecular weight excluding hydrogens is 214 g/mol. The summed E-state index contributed by atoms with van der Waals surface area (Å²) in [4.78, 5) is 4.10. The molecule has 0 radical (unpaired) electrons. The first-order chi connectivity index (χ1) is 8.34. The van der Waals surface area contributed by atoms with Gasteiger partial charge in [0.15, 0.2) is 0 Å². The SMILES string of the molecule is O[C@H]1CCC[C@@H]1Oc1cccc2cnccc12. The van der Waals surface area contributed by atoms with Crippen LogP contribution in [0.4, 0.5) is 0 Å². The molecule has 1 aliphatic rings. The van der Waals surface area contributed by atoms with Crippen LogP contribution in [-0.2, 0) is 0 Å². The molecule has 1 saturated carbocycles. The predicted octanol–water partition coefficient (Wildman–Crippen LogP) is 2.53. The van der Waals surface area contributed by atoms with Crippen LogP contribution in [0.5, 0.6) is 5.75 Å². The van der Waals surface area contributed by atoms with E-state index in [1.54, 1.807) is 6.20 Å². The summed E-state index contributed by atoms with van der Waals surface area (Å²) in [5.41, 5.74) is 0. The van der Waals surface area contributed by atoms with E-state index in [-0.39, 0.29) is 12.2 Å². The second-order valence-corrected chi connectivity index (χ2v) is 4.51. The molecule has 0 bridgehead atoms. The highest BCUT2D eigenvalue weighted by molar-refractivity contribution is 5.87. The topological polar surface area (TPSA) is 42.4 Å². The maximum absolute atomic E-state index is 9.78. The number of aliphatic hydroxyl groups is 1. The predicted molar refractivity (Wildman–Crippen MR) is 66.0 cm³/mol. The Bertz CT molecular complexity index is 521. The fraction of sp³-hybridized carbons (Fsp3) is 0.357. The molecule has 1 aliphatic carbocycles. The number of ether oxygens (including phenoxy) is 1. The summed E-state index contributed by atoms with van der Waals surface area (Å²) >= 11 is 0. The zero-order chi connectivity index (χ0) is 11.7. The second-order valence-electron chi connectivity index (χ2n) is 4.51. The Morgan fingerprint density at radius 3 is 3.00 bits per heavy atom. The minimum absolute atomic E-state index is 0.0613. The van der Waals surface area contributed by atoms with Crippen molar-refractivity contribution in [3.63, 3.8) is 0 Å². The summed E-state index contributed by atoms with van der Waals surface area (Å²) in [7, 11) is 0. The third-order valence-electron chi connectivity index (χ3n) is 3.34. The molecule has 2 aromatic rings. The van der Waals surface area contributed by atoms with Gasteiger partial charge in [0.05, 0.1) is 6.10 Å². The summed E-state index contributed by atoms with van der Waals surface area (Å²) < 4.78 is 5.92. The lowest BCUT2D eigenvalue weighted by Crippen LogP contribution is -2.25. The quantitative estimate of drug-likeness (QED) is 0.860. The van der Waals surface area contributed by atoms with Gasteiger partial charge in [0, 0.05) is 23.2 Å². The molecule has 88 valence electrons. The Labute approximate surface area is 100 Å². The minimum Gasteiger partial charge on any atom is -0.487 e. The van der Waals surface area contributed by atoms with E-state index in [9.17, 15) is 5.11 Å². The maximum atomic E-state index is 9.78. The highest BCUT2D eigenvalue weighted by atomic mass is 16.5. The molecule has 1 fully saturated rings. The monoisotopic (exact) mass is 229 g/mol. The number of rotatable bonds is 2. The van der Waals surface area contributed by atoms with Gasteiger partial charge in [-0.1, -0.05) is 12.1 Å². The molecule has 1 N–H and O–H groups in total. The van der Waals surface area contributed by atoms with E-state index >= 15 is 0 Å². The Hall–Kier alpha value is -1.61. The van der Waals surface area contributed by atoms with Crippen LogP contribution in [-0.4, -0.2) is 22.3 Å². The number of hydrogen-bond acceptors (Lipinski definition) is 3. The van der Waals surface area contributed by atoms with Crippen molar-refractivity contribution in [3.8, 4) is 5.75 Å². The fourth-order valence-electron chi connectivity index (χ4n) is 2.40. The third-order valence-corrected chi connectivity index (χ3v) is 3.34. The van der Waals surface area contributed by atoms with E-state index in [2.05, 4.69) is 4.98 Å². The van der Waals surface area contributed by atoms with Crippen LogP contribution in [0, 0.1) is 0 Å². The number of nitrogens with zero attached hydrogens (tertiary/aromatic N) is 1. The van der Waals surface area contributed by atoms with Crippen LogP contribution in [0.3, 0.4) is 0 Å². The van der Waals surface area contributed by atoms with E-state index in [0.717, 1.165) is 35.8 Å². The molecule has 1 aromatic heterocycles. The van der Waals surface area contributed by atoms with Crippen molar-refractivity contribution in [2.75, 3.05) is 0 Å². The number of fused-ring (bicyclic) bond motifs is 1. The molecule has 2 atom stereocenters. The molecule has 1 heterocycles. The lowest BCUT2D eigenvalue weighted by atomic mass is 10.1. The maximum Gasteiger partial charge on any atom is 0.127 e. The molecule has 0 spiro atoms. The second kappa shape index (κ2) is 4.34. The van der Waals surface area contributed by atoms with Gasteiger partial charge < -0.3 is 9.84 Å². The van der Waals surface area contributed by atoms with Crippen molar-refractivity contribution in [1.29, 1.82) is 0 Å².